The van der Waals surface area contributed by atoms with Crippen LogP contribution >= 0.6 is 0 Å². The van der Waals surface area contributed by atoms with Crippen LogP contribution in [0.15, 0.2) is 52.5 Å². The lowest BCUT2D eigenvalue weighted by molar-refractivity contribution is -0.155. The van der Waals surface area contributed by atoms with Gasteiger partial charge in [0, 0.05) is 27.7 Å². The Balaban J connectivity index is 1.97. The number of carbonyl (C=O) groups excluding carboxylic acids is 1. The number of fused-ring (bicyclic) bond motifs is 2. The van der Waals surface area contributed by atoms with E-state index in [0.29, 0.717) is 33.4 Å². The smallest absolute Gasteiger partial charge is 0.326 e. The second-order valence-corrected chi connectivity index (χ2v) is 10.7. The molecule has 4 rings (SSSR count). The van der Waals surface area contributed by atoms with Crippen LogP contribution in [-0.4, -0.2) is 41.2 Å². The molecule has 7 nitrogen and oxygen atoms in total. The van der Waals surface area contributed by atoms with Gasteiger partial charge in [0.05, 0.1) is 11.4 Å². The van der Waals surface area contributed by atoms with Gasteiger partial charge >= 0.3 is 5.97 Å². The van der Waals surface area contributed by atoms with Crippen molar-refractivity contribution in [3.8, 4) is 0 Å². The summed E-state index contributed by atoms with van der Waals surface area (Å²) in [4.78, 5) is 12.8. The monoisotopic (exact) mass is 471 g/mol. The molecule has 2 heterocycles. The standard InChI is InChI=1S/C24H26FN3O4S/c1-6-28-26-23(17-9-7-8-10-20(17)33(28,30)31)22-15(2)27(14-21(29)32-24(3,4)5)19-12-11-16(25)13-18(19)22/h7-13H,6,14H2,1-5H3. The normalized spacial score (nSPS) is 15.3. The molecule has 0 unspecified atom stereocenters. The van der Waals surface area contributed by atoms with Crippen LogP contribution in [-0.2, 0) is 26.1 Å². The zero-order chi connectivity index (χ0) is 24.1. The lowest BCUT2D eigenvalue weighted by Gasteiger charge is -2.26. The number of hydrazone groups is 1. The molecule has 0 saturated heterocycles. The third-order valence-electron chi connectivity index (χ3n) is 5.41. The molecular weight excluding hydrogens is 445 g/mol. The number of halogens is 1. The third kappa shape index (κ3) is 4.01. The van der Waals surface area contributed by atoms with Gasteiger partial charge < -0.3 is 9.30 Å². The molecule has 1 aliphatic heterocycles. The average Bonchev–Trinajstić information content (AvgIpc) is 2.98. The molecule has 174 valence electrons. The van der Waals surface area contributed by atoms with Crippen molar-refractivity contribution >= 4 is 32.6 Å². The molecule has 0 bridgehead atoms. The van der Waals surface area contributed by atoms with Crippen molar-refractivity contribution < 1.29 is 22.3 Å². The van der Waals surface area contributed by atoms with Crippen molar-refractivity contribution in [1.29, 1.82) is 0 Å². The maximum atomic E-state index is 14.3. The Morgan fingerprint density at radius 3 is 2.52 bits per heavy atom. The van der Waals surface area contributed by atoms with E-state index in [0.717, 1.165) is 4.41 Å². The topological polar surface area (TPSA) is 81.0 Å². The molecule has 33 heavy (non-hydrogen) atoms. The molecule has 9 heteroatoms. The van der Waals surface area contributed by atoms with E-state index in [9.17, 15) is 17.6 Å². The first-order valence-electron chi connectivity index (χ1n) is 10.7. The minimum Gasteiger partial charge on any atom is -0.459 e. The second-order valence-electron chi connectivity index (χ2n) is 8.88. The predicted molar refractivity (Wildman–Crippen MR) is 124 cm³/mol. The van der Waals surface area contributed by atoms with E-state index in [1.165, 1.54) is 18.2 Å². The van der Waals surface area contributed by atoms with Gasteiger partial charge in [-0.2, -0.15) is 17.9 Å². The second kappa shape index (κ2) is 7.98. The summed E-state index contributed by atoms with van der Waals surface area (Å²) in [6.07, 6.45) is 0. The summed E-state index contributed by atoms with van der Waals surface area (Å²) in [5, 5.41) is 5.01. The fourth-order valence-corrected chi connectivity index (χ4v) is 5.55. The van der Waals surface area contributed by atoms with Crippen LogP contribution in [0.2, 0.25) is 0 Å². The number of benzene rings is 2. The minimum atomic E-state index is -3.79. The number of rotatable bonds is 4. The van der Waals surface area contributed by atoms with Crippen LogP contribution in [0.5, 0.6) is 0 Å². The summed E-state index contributed by atoms with van der Waals surface area (Å²) in [5.74, 6) is -0.870. The molecule has 0 aliphatic carbocycles. The minimum absolute atomic E-state index is 0.0735. The van der Waals surface area contributed by atoms with Crippen LogP contribution in [0.25, 0.3) is 10.9 Å². The first kappa shape index (κ1) is 23.0. The molecule has 1 aromatic heterocycles. The van der Waals surface area contributed by atoms with Crippen molar-refractivity contribution in [2.24, 2.45) is 5.10 Å². The Morgan fingerprint density at radius 2 is 1.85 bits per heavy atom. The highest BCUT2D eigenvalue weighted by Gasteiger charge is 2.34. The molecule has 0 atom stereocenters. The molecule has 1 aliphatic rings. The number of carbonyl (C=O) groups is 1. The van der Waals surface area contributed by atoms with E-state index in [4.69, 9.17) is 4.74 Å². The summed E-state index contributed by atoms with van der Waals surface area (Å²) in [5.41, 5.74) is 2.07. The van der Waals surface area contributed by atoms with Gasteiger partial charge in [-0.1, -0.05) is 18.2 Å². The highest BCUT2D eigenvalue weighted by atomic mass is 32.2. The van der Waals surface area contributed by atoms with Crippen molar-refractivity contribution in [2.75, 3.05) is 6.54 Å². The van der Waals surface area contributed by atoms with Crippen LogP contribution < -0.4 is 0 Å². The average molecular weight is 472 g/mol. The van der Waals surface area contributed by atoms with E-state index < -0.39 is 27.4 Å². The summed E-state index contributed by atoms with van der Waals surface area (Å²) < 4.78 is 48.6. The molecular formula is C24H26FN3O4S. The Morgan fingerprint density at radius 1 is 1.15 bits per heavy atom. The molecule has 0 radical (unpaired) electrons. The van der Waals surface area contributed by atoms with Crippen molar-refractivity contribution in [3.63, 3.8) is 0 Å². The number of hydrogen-bond donors (Lipinski definition) is 0. The molecule has 0 N–H and O–H groups in total. The van der Waals surface area contributed by atoms with Crippen LogP contribution in [0.1, 0.15) is 44.5 Å². The Labute approximate surface area is 192 Å². The zero-order valence-electron chi connectivity index (χ0n) is 19.2. The number of esters is 1. The zero-order valence-corrected chi connectivity index (χ0v) is 20.0. The van der Waals surface area contributed by atoms with Gasteiger partial charge in [-0.15, -0.1) is 0 Å². The largest absolute Gasteiger partial charge is 0.459 e. The van der Waals surface area contributed by atoms with E-state index in [1.54, 1.807) is 56.5 Å². The molecule has 0 fully saturated rings. The fourth-order valence-electron chi connectivity index (χ4n) is 4.11. The SMILES string of the molecule is CCN1N=C(c2c(C)n(CC(=O)OC(C)(C)C)c3ccc(F)cc23)c2ccccc2S1(=O)=O. The first-order chi connectivity index (χ1) is 15.4. The van der Waals surface area contributed by atoms with Gasteiger partial charge in [-0.25, -0.2) is 4.39 Å². The Kier molecular flexibility index (Phi) is 5.56. The van der Waals surface area contributed by atoms with Gasteiger partial charge in [0.2, 0.25) is 0 Å². The van der Waals surface area contributed by atoms with Crippen molar-refractivity contribution in [2.45, 2.75) is 51.7 Å². The Hall–Kier alpha value is -3.20. The highest BCUT2D eigenvalue weighted by molar-refractivity contribution is 7.89. The van der Waals surface area contributed by atoms with E-state index >= 15 is 0 Å². The number of aromatic nitrogens is 1. The molecule has 0 saturated carbocycles. The number of nitrogens with zero attached hydrogens (tertiary/aromatic N) is 3. The molecule has 3 aromatic rings. The summed E-state index contributed by atoms with van der Waals surface area (Å²) in [6, 6.07) is 10.9. The number of sulfonamides is 1. The first-order valence-corrected chi connectivity index (χ1v) is 12.1. The fraction of sp³-hybridized carbons (Fsp3) is 0.333. The summed E-state index contributed by atoms with van der Waals surface area (Å²) in [7, 11) is -3.79. The third-order valence-corrected chi connectivity index (χ3v) is 7.22. The molecule has 0 amide bonds. The van der Waals surface area contributed by atoms with Crippen molar-refractivity contribution in [1.82, 2.24) is 8.98 Å². The van der Waals surface area contributed by atoms with Gasteiger partial charge in [-0.3, -0.25) is 4.79 Å². The maximum Gasteiger partial charge on any atom is 0.326 e. The molecule has 2 aromatic carbocycles. The van der Waals surface area contributed by atoms with E-state index in [-0.39, 0.29) is 18.0 Å². The number of hydrogen-bond acceptors (Lipinski definition) is 5. The van der Waals surface area contributed by atoms with Gasteiger partial charge in [0.25, 0.3) is 10.0 Å². The summed E-state index contributed by atoms with van der Waals surface area (Å²) >= 11 is 0. The van der Waals surface area contributed by atoms with Gasteiger partial charge in [0.15, 0.2) is 0 Å². The summed E-state index contributed by atoms with van der Waals surface area (Å²) in [6.45, 7) is 8.95. The molecule has 0 spiro atoms. The lowest BCUT2D eigenvalue weighted by Crippen LogP contribution is -2.33. The highest BCUT2D eigenvalue weighted by Crippen LogP contribution is 2.34. The van der Waals surface area contributed by atoms with Gasteiger partial charge in [0.1, 0.15) is 23.7 Å². The van der Waals surface area contributed by atoms with Crippen LogP contribution in [0.4, 0.5) is 4.39 Å². The number of ether oxygens (including phenoxy) is 1. The quantitative estimate of drug-likeness (QED) is 0.534. The Bertz CT molecular complexity index is 1400. The van der Waals surface area contributed by atoms with E-state index in [2.05, 4.69) is 5.10 Å². The van der Waals surface area contributed by atoms with Gasteiger partial charge in [-0.05, 0) is 58.9 Å². The van der Waals surface area contributed by atoms with Crippen LogP contribution in [0.3, 0.4) is 0 Å². The predicted octanol–water partition coefficient (Wildman–Crippen LogP) is 4.21. The maximum absolute atomic E-state index is 14.3. The lowest BCUT2D eigenvalue weighted by atomic mass is 9.99. The van der Waals surface area contributed by atoms with E-state index in [1.807, 2.05) is 6.92 Å². The van der Waals surface area contributed by atoms with Crippen LogP contribution in [0, 0.1) is 12.7 Å². The van der Waals surface area contributed by atoms with Crippen molar-refractivity contribution in [3.05, 3.63) is 65.1 Å².